The van der Waals surface area contributed by atoms with E-state index >= 15 is 0 Å². The van der Waals surface area contributed by atoms with E-state index in [4.69, 9.17) is 18.9 Å². The van der Waals surface area contributed by atoms with Crippen LogP contribution >= 0.6 is 0 Å². The van der Waals surface area contributed by atoms with Crippen LogP contribution in [0.3, 0.4) is 0 Å². The van der Waals surface area contributed by atoms with Crippen LogP contribution in [0.15, 0.2) is 79.4 Å². The third-order valence-electron chi connectivity index (χ3n) is 8.20. The predicted molar refractivity (Wildman–Crippen MR) is 172 cm³/mol. The van der Waals surface area contributed by atoms with Gasteiger partial charge in [0, 0.05) is 24.1 Å². The average molecular weight is 582 g/mol. The Hall–Kier alpha value is -4.03. The van der Waals surface area contributed by atoms with Gasteiger partial charge in [0.25, 0.3) is 6.47 Å². The lowest BCUT2D eigenvalue weighted by atomic mass is 9.85. The van der Waals surface area contributed by atoms with Crippen LogP contribution in [0.5, 0.6) is 17.2 Å². The number of fused-ring (bicyclic) bond motifs is 1. The first kappa shape index (κ1) is 30.4. The molecule has 6 nitrogen and oxygen atoms in total. The Kier molecular flexibility index (Phi) is 9.88. The molecule has 1 saturated heterocycles. The highest BCUT2D eigenvalue weighted by Gasteiger charge is 2.30. The molecule has 0 radical (unpaired) electrons. The van der Waals surface area contributed by atoms with Crippen molar-refractivity contribution in [3.63, 3.8) is 0 Å². The highest BCUT2D eigenvalue weighted by molar-refractivity contribution is 5.95. The molecule has 1 unspecified atom stereocenters. The highest BCUT2D eigenvalue weighted by Crippen LogP contribution is 2.47. The maximum Gasteiger partial charge on any atom is 0.293 e. The molecule has 0 bridgehead atoms. The molecule has 0 spiro atoms. The lowest BCUT2D eigenvalue weighted by Crippen LogP contribution is -2.33. The zero-order valence-corrected chi connectivity index (χ0v) is 25.6. The summed E-state index contributed by atoms with van der Waals surface area (Å²) >= 11 is 0. The molecular formula is C37H43NO5. The molecule has 1 fully saturated rings. The van der Waals surface area contributed by atoms with E-state index in [9.17, 15) is 4.79 Å². The minimum absolute atomic E-state index is 0.315. The molecule has 0 N–H and O–H groups in total. The largest absolute Gasteiger partial charge is 0.492 e. The van der Waals surface area contributed by atoms with Gasteiger partial charge in [-0.25, -0.2) is 0 Å². The fourth-order valence-corrected chi connectivity index (χ4v) is 5.98. The van der Waals surface area contributed by atoms with Gasteiger partial charge in [0.15, 0.2) is 0 Å². The van der Waals surface area contributed by atoms with Gasteiger partial charge >= 0.3 is 0 Å². The number of hydrogen-bond donors (Lipinski definition) is 0. The van der Waals surface area contributed by atoms with Crippen molar-refractivity contribution < 1.29 is 23.7 Å². The second-order valence-corrected chi connectivity index (χ2v) is 12.0. The molecule has 3 aromatic carbocycles. The quantitative estimate of drug-likeness (QED) is 0.152. The number of hydrogen-bond acceptors (Lipinski definition) is 6. The SMILES string of the molecule is C=CCOc1ccc(C2=C(C)c3ccc(CC(C)(C)OC=O)cc3OC2c2ccc(OCCN3CCCCC3)cc2)cc1. The van der Waals surface area contributed by atoms with Gasteiger partial charge in [-0.05, 0) is 99.3 Å². The van der Waals surface area contributed by atoms with E-state index < -0.39 is 5.60 Å². The van der Waals surface area contributed by atoms with Crippen molar-refractivity contribution in [1.29, 1.82) is 0 Å². The van der Waals surface area contributed by atoms with Gasteiger partial charge in [-0.2, -0.15) is 0 Å². The van der Waals surface area contributed by atoms with E-state index in [1.165, 1.54) is 32.4 Å². The lowest BCUT2D eigenvalue weighted by molar-refractivity contribution is -0.140. The maximum atomic E-state index is 11.0. The summed E-state index contributed by atoms with van der Waals surface area (Å²) in [4.78, 5) is 13.5. The topological polar surface area (TPSA) is 57.2 Å². The van der Waals surface area contributed by atoms with E-state index in [2.05, 4.69) is 60.9 Å². The van der Waals surface area contributed by atoms with Gasteiger partial charge in [-0.1, -0.05) is 55.5 Å². The summed E-state index contributed by atoms with van der Waals surface area (Å²) in [5, 5.41) is 0. The average Bonchev–Trinajstić information content (AvgIpc) is 3.01. The van der Waals surface area contributed by atoms with Crippen molar-refractivity contribution in [3.8, 4) is 17.2 Å². The number of benzene rings is 3. The molecule has 226 valence electrons. The summed E-state index contributed by atoms with van der Waals surface area (Å²) in [6.45, 7) is 14.7. The number of carbonyl (C=O) groups is 1. The number of carbonyl (C=O) groups excluding carboxylic acids is 1. The molecule has 2 aliphatic heterocycles. The molecule has 6 heteroatoms. The summed E-state index contributed by atoms with van der Waals surface area (Å²) in [6, 6.07) is 22.7. The zero-order valence-electron chi connectivity index (χ0n) is 25.6. The summed E-state index contributed by atoms with van der Waals surface area (Å²) in [5.74, 6) is 2.48. The normalized spacial score (nSPS) is 17.0. The van der Waals surface area contributed by atoms with Gasteiger partial charge in [-0.3, -0.25) is 9.69 Å². The van der Waals surface area contributed by atoms with Crippen molar-refractivity contribution in [1.82, 2.24) is 4.90 Å². The minimum atomic E-state index is -0.612. The summed E-state index contributed by atoms with van der Waals surface area (Å²) in [7, 11) is 0. The van der Waals surface area contributed by atoms with E-state index in [1.807, 2.05) is 38.1 Å². The fraction of sp³-hybridized carbons (Fsp3) is 0.378. The van der Waals surface area contributed by atoms with Gasteiger partial charge in [0.05, 0.1) is 0 Å². The molecule has 0 aromatic heterocycles. The molecule has 2 heterocycles. The number of allylic oxidation sites excluding steroid dienone is 1. The lowest BCUT2D eigenvalue weighted by Gasteiger charge is -2.32. The van der Waals surface area contributed by atoms with Gasteiger partial charge in [0.1, 0.15) is 42.2 Å². The van der Waals surface area contributed by atoms with E-state index in [0.717, 1.165) is 57.2 Å². The van der Waals surface area contributed by atoms with Crippen molar-refractivity contribution in [2.75, 3.05) is 32.8 Å². The third-order valence-corrected chi connectivity index (χ3v) is 8.20. The van der Waals surface area contributed by atoms with E-state index in [1.54, 1.807) is 6.08 Å². The predicted octanol–water partition coefficient (Wildman–Crippen LogP) is 7.67. The number of piperidine rings is 1. The zero-order chi connectivity index (χ0) is 30.2. The third kappa shape index (κ3) is 7.68. The molecule has 1 atom stereocenters. The van der Waals surface area contributed by atoms with Crippen LogP contribution in [0.4, 0.5) is 0 Å². The Morgan fingerprint density at radius 3 is 2.35 bits per heavy atom. The van der Waals surface area contributed by atoms with Gasteiger partial charge in [0.2, 0.25) is 0 Å². The first-order chi connectivity index (χ1) is 20.9. The minimum Gasteiger partial charge on any atom is -0.492 e. The van der Waals surface area contributed by atoms with Crippen LogP contribution in [-0.4, -0.2) is 49.8 Å². The highest BCUT2D eigenvalue weighted by atomic mass is 16.5. The van der Waals surface area contributed by atoms with Crippen molar-refractivity contribution in [3.05, 3.63) is 102 Å². The first-order valence-corrected chi connectivity index (χ1v) is 15.3. The monoisotopic (exact) mass is 581 g/mol. The van der Waals surface area contributed by atoms with Crippen molar-refractivity contribution in [2.24, 2.45) is 0 Å². The first-order valence-electron chi connectivity index (χ1n) is 15.3. The Balaban J connectivity index is 1.42. The molecule has 0 amide bonds. The molecule has 0 saturated carbocycles. The van der Waals surface area contributed by atoms with Crippen LogP contribution in [0, 0.1) is 0 Å². The number of ether oxygens (including phenoxy) is 4. The fourth-order valence-electron chi connectivity index (χ4n) is 5.98. The van der Waals surface area contributed by atoms with E-state index in [0.29, 0.717) is 26.1 Å². The summed E-state index contributed by atoms with van der Waals surface area (Å²) in [5.41, 5.74) is 5.87. The Morgan fingerprint density at radius 1 is 0.953 bits per heavy atom. The Morgan fingerprint density at radius 2 is 1.65 bits per heavy atom. The van der Waals surface area contributed by atoms with Crippen molar-refractivity contribution in [2.45, 2.75) is 58.2 Å². The molecule has 2 aliphatic rings. The van der Waals surface area contributed by atoms with Crippen LogP contribution in [0.1, 0.15) is 68.4 Å². The molecule has 5 rings (SSSR count). The smallest absolute Gasteiger partial charge is 0.293 e. The van der Waals surface area contributed by atoms with Crippen LogP contribution < -0.4 is 14.2 Å². The molecule has 43 heavy (non-hydrogen) atoms. The van der Waals surface area contributed by atoms with Gasteiger partial charge in [-0.15, -0.1) is 0 Å². The van der Waals surface area contributed by atoms with Crippen LogP contribution in [-0.2, 0) is 16.0 Å². The Labute approximate surface area is 255 Å². The second kappa shape index (κ2) is 14.0. The molecule has 0 aliphatic carbocycles. The molecule has 3 aromatic rings. The molecular weight excluding hydrogens is 538 g/mol. The van der Waals surface area contributed by atoms with Crippen LogP contribution in [0.2, 0.25) is 0 Å². The number of nitrogens with zero attached hydrogens (tertiary/aromatic N) is 1. The Bertz CT molecular complexity index is 1420. The van der Waals surface area contributed by atoms with Crippen molar-refractivity contribution >= 4 is 17.6 Å². The standard InChI is InChI=1S/C37H43NO5/c1-5-22-40-31-14-10-29(11-15-31)35-27(2)33-18-9-28(25-37(3,4)42-26-39)24-34(33)43-36(35)30-12-16-32(17-13-30)41-23-21-38-19-7-6-8-20-38/h5,9-18,24,26,36H,1,6-8,19-23,25H2,2-4H3. The number of rotatable bonds is 13. The van der Waals surface area contributed by atoms with E-state index in [-0.39, 0.29) is 6.10 Å². The summed E-state index contributed by atoms with van der Waals surface area (Å²) < 4.78 is 24.0. The maximum absolute atomic E-state index is 11.0. The number of likely N-dealkylation sites (tertiary alicyclic amines) is 1. The summed E-state index contributed by atoms with van der Waals surface area (Å²) in [6.07, 6.45) is 5.91. The van der Waals surface area contributed by atoms with Crippen LogP contribution in [0.25, 0.3) is 11.1 Å². The van der Waals surface area contributed by atoms with Gasteiger partial charge < -0.3 is 18.9 Å². The second-order valence-electron chi connectivity index (χ2n) is 12.0.